The minimum Gasteiger partial charge on any atom is -0.292 e. The first kappa shape index (κ1) is 21.6. The molecule has 1 aliphatic rings. The molecule has 1 fully saturated rings. The highest BCUT2D eigenvalue weighted by Crippen LogP contribution is 2.20. The summed E-state index contributed by atoms with van der Waals surface area (Å²) in [5.41, 5.74) is -5.53. The van der Waals surface area contributed by atoms with E-state index in [0.29, 0.717) is 0 Å². The molecule has 0 atom stereocenters. The Hall–Kier alpha value is -0.380. The molecule has 0 spiro atoms. The Balaban J connectivity index is 0.000000472. The summed E-state index contributed by atoms with van der Waals surface area (Å²) >= 11 is 0. The van der Waals surface area contributed by atoms with Gasteiger partial charge in [-0.1, -0.05) is 39.0 Å². The lowest BCUT2D eigenvalue weighted by atomic mass is 10.1. The van der Waals surface area contributed by atoms with Crippen molar-refractivity contribution in [3.63, 3.8) is 0 Å². The molecule has 0 aromatic carbocycles. The van der Waals surface area contributed by atoms with Crippen molar-refractivity contribution in [3.05, 3.63) is 0 Å². The van der Waals surface area contributed by atoms with Gasteiger partial charge in [-0.2, -0.15) is 21.6 Å². The Morgan fingerprint density at radius 3 is 1.95 bits per heavy atom. The van der Waals surface area contributed by atoms with Gasteiger partial charge in [0.05, 0.1) is 6.67 Å². The summed E-state index contributed by atoms with van der Waals surface area (Å²) in [6.45, 7) is 7.33. The number of rotatable bonds is 7. The zero-order valence-corrected chi connectivity index (χ0v) is 14.1. The first-order valence-electron chi connectivity index (χ1n) is 7.52. The van der Waals surface area contributed by atoms with Crippen molar-refractivity contribution >= 4 is 10.1 Å². The fourth-order valence-electron chi connectivity index (χ4n) is 2.09. The quantitative estimate of drug-likeness (QED) is 0.435. The molecule has 9 heteroatoms. The number of hydrogen-bond acceptors (Lipinski definition) is 4. The smallest absolute Gasteiger partial charge is 0.292 e. The summed E-state index contributed by atoms with van der Waals surface area (Å²) in [5.74, 6) is 0. The highest BCUT2D eigenvalue weighted by atomic mass is 32.2. The number of halogens is 3. The number of hydrogen-bond donors (Lipinski definition) is 1. The lowest BCUT2D eigenvalue weighted by molar-refractivity contribution is -0.0510. The van der Waals surface area contributed by atoms with Crippen LogP contribution in [0, 0.1) is 0 Å². The first-order chi connectivity index (χ1) is 10.1. The van der Waals surface area contributed by atoms with Gasteiger partial charge in [-0.25, -0.2) is 0 Å². The second kappa shape index (κ2) is 10.4. The van der Waals surface area contributed by atoms with Gasteiger partial charge in [0.25, 0.3) is 0 Å². The highest BCUT2D eigenvalue weighted by molar-refractivity contribution is 7.86. The molecule has 134 valence electrons. The summed E-state index contributed by atoms with van der Waals surface area (Å²) in [4.78, 5) is 4.97. The van der Waals surface area contributed by atoms with Crippen LogP contribution >= 0.6 is 0 Å². The Morgan fingerprint density at radius 2 is 1.55 bits per heavy atom. The maximum atomic E-state index is 10.7. The van der Waals surface area contributed by atoms with Crippen molar-refractivity contribution < 1.29 is 26.1 Å². The molecular formula is C13H27F3N2O3S. The van der Waals surface area contributed by atoms with Gasteiger partial charge in [-0.05, 0) is 20.0 Å². The van der Waals surface area contributed by atoms with Crippen molar-refractivity contribution in [1.82, 2.24) is 9.80 Å². The lowest BCUT2D eigenvalue weighted by Gasteiger charge is -2.14. The van der Waals surface area contributed by atoms with Crippen LogP contribution in [0.25, 0.3) is 0 Å². The predicted molar refractivity (Wildman–Crippen MR) is 80.0 cm³/mol. The van der Waals surface area contributed by atoms with Gasteiger partial charge in [0.2, 0.25) is 0 Å². The molecule has 0 bridgehead atoms. The molecule has 0 aromatic rings. The van der Waals surface area contributed by atoms with E-state index in [0.717, 1.165) is 0 Å². The molecule has 1 aliphatic heterocycles. The maximum absolute atomic E-state index is 10.7. The molecule has 0 aliphatic carbocycles. The molecule has 1 saturated heterocycles. The second-order valence-corrected chi connectivity index (χ2v) is 6.94. The average molecular weight is 348 g/mol. The van der Waals surface area contributed by atoms with E-state index >= 15 is 0 Å². The molecular weight excluding hydrogens is 321 g/mol. The number of unbranched alkanes of at least 4 members (excludes halogenated alkanes) is 5. The van der Waals surface area contributed by atoms with E-state index in [-0.39, 0.29) is 0 Å². The van der Waals surface area contributed by atoms with Crippen molar-refractivity contribution in [2.45, 2.75) is 51.0 Å². The van der Waals surface area contributed by atoms with Crippen LogP contribution in [0.2, 0.25) is 0 Å². The summed E-state index contributed by atoms with van der Waals surface area (Å²) in [7, 11) is -3.63. The van der Waals surface area contributed by atoms with E-state index in [9.17, 15) is 13.2 Å². The summed E-state index contributed by atoms with van der Waals surface area (Å²) < 4.78 is 57.5. The predicted octanol–water partition coefficient (Wildman–Crippen LogP) is 2.95. The van der Waals surface area contributed by atoms with Crippen LogP contribution in [-0.4, -0.2) is 61.6 Å². The van der Waals surface area contributed by atoms with E-state index in [2.05, 4.69) is 23.8 Å². The van der Waals surface area contributed by atoms with E-state index in [1.807, 2.05) is 0 Å². The van der Waals surface area contributed by atoms with Crippen LogP contribution in [0.15, 0.2) is 0 Å². The van der Waals surface area contributed by atoms with Crippen molar-refractivity contribution in [2.24, 2.45) is 0 Å². The molecule has 0 aromatic heterocycles. The van der Waals surface area contributed by atoms with Crippen LogP contribution in [0.3, 0.4) is 0 Å². The Labute approximate surface area is 131 Å². The van der Waals surface area contributed by atoms with E-state index in [1.165, 1.54) is 64.8 Å². The van der Waals surface area contributed by atoms with Crippen LogP contribution in [-0.2, 0) is 10.1 Å². The minimum absolute atomic E-state index is 1.19. The Bertz CT molecular complexity index is 388. The van der Waals surface area contributed by atoms with Gasteiger partial charge in [-0.15, -0.1) is 0 Å². The van der Waals surface area contributed by atoms with Crippen molar-refractivity contribution in [2.75, 3.05) is 33.4 Å². The summed E-state index contributed by atoms with van der Waals surface area (Å²) in [6, 6.07) is 0. The minimum atomic E-state index is -5.84. The maximum Gasteiger partial charge on any atom is 0.522 e. The first-order valence-corrected chi connectivity index (χ1v) is 8.96. The fourth-order valence-corrected chi connectivity index (χ4v) is 2.09. The molecule has 0 unspecified atom stereocenters. The fraction of sp³-hybridized carbons (Fsp3) is 1.00. The SMILES string of the molecule is CCCCCCCCN1CCN(C)C1.O=S(=O)(O)C(F)(F)F. The van der Waals surface area contributed by atoms with Crippen molar-refractivity contribution in [3.8, 4) is 0 Å². The zero-order chi connectivity index (χ0) is 17.2. The summed E-state index contributed by atoms with van der Waals surface area (Å²) in [6.07, 6.45) is 8.50. The van der Waals surface area contributed by atoms with Crippen LogP contribution in [0.4, 0.5) is 13.2 Å². The van der Waals surface area contributed by atoms with Crippen molar-refractivity contribution in [1.29, 1.82) is 0 Å². The number of nitrogens with zero attached hydrogens (tertiary/aromatic N) is 2. The Kier molecular flexibility index (Phi) is 10.2. The van der Waals surface area contributed by atoms with Gasteiger partial charge in [-0.3, -0.25) is 14.4 Å². The zero-order valence-electron chi connectivity index (χ0n) is 13.3. The standard InChI is InChI=1S/C12H26N2.CHF3O3S/c1-3-4-5-6-7-8-9-14-11-10-13(2)12-14;2-1(3,4)8(5,6)7/h3-12H2,1-2H3;(H,5,6,7). The van der Waals surface area contributed by atoms with Gasteiger partial charge < -0.3 is 0 Å². The van der Waals surface area contributed by atoms with Gasteiger partial charge in [0.1, 0.15) is 0 Å². The largest absolute Gasteiger partial charge is 0.522 e. The molecule has 1 heterocycles. The van der Waals surface area contributed by atoms with Gasteiger partial charge >= 0.3 is 15.6 Å². The van der Waals surface area contributed by atoms with E-state index in [4.69, 9.17) is 13.0 Å². The molecule has 5 nitrogen and oxygen atoms in total. The third kappa shape index (κ3) is 10.4. The third-order valence-corrected chi connectivity index (χ3v) is 3.94. The van der Waals surface area contributed by atoms with E-state index < -0.39 is 15.6 Å². The summed E-state index contributed by atoms with van der Waals surface area (Å²) in [5, 5.41) is 0. The van der Waals surface area contributed by atoms with Crippen LogP contribution in [0.5, 0.6) is 0 Å². The van der Waals surface area contributed by atoms with Gasteiger partial charge in [0.15, 0.2) is 0 Å². The Morgan fingerprint density at radius 1 is 1.05 bits per heavy atom. The normalized spacial score (nSPS) is 17.4. The molecule has 0 radical (unpaired) electrons. The second-order valence-electron chi connectivity index (χ2n) is 5.53. The molecule has 0 saturated carbocycles. The third-order valence-electron chi connectivity index (χ3n) is 3.36. The molecule has 1 N–H and O–H groups in total. The van der Waals surface area contributed by atoms with Gasteiger partial charge in [0, 0.05) is 13.1 Å². The number of alkyl halides is 3. The van der Waals surface area contributed by atoms with E-state index in [1.54, 1.807) is 0 Å². The highest BCUT2D eigenvalue weighted by Gasteiger charge is 2.44. The topological polar surface area (TPSA) is 60.9 Å². The average Bonchev–Trinajstić information content (AvgIpc) is 2.78. The van der Waals surface area contributed by atoms with Crippen LogP contribution in [0.1, 0.15) is 45.4 Å². The molecule has 22 heavy (non-hydrogen) atoms. The van der Waals surface area contributed by atoms with Crippen LogP contribution < -0.4 is 0 Å². The lowest BCUT2D eigenvalue weighted by Crippen LogP contribution is -2.24. The monoisotopic (exact) mass is 348 g/mol. The molecule has 0 amide bonds. The number of likely N-dealkylation sites (N-methyl/N-ethyl adjacent to an activating group) is 1. The molecule has 1 rings (SSSR count).